The minimum Gasteiger partial charge on any atom is -0.507 e. The quantitative estimate of drug-likeness (QED) is 0.0383. The van der Waals surface area contributed by atoms with Crippen molar-refractivity contribution in [2.45, 2.75) is 69.2 Å². The van der Waals surface area contributed by atoms with Crippen molar-refractivity contribution in [1.82, 2.24) is 0 Å². The molecule has 2 aliphatic rings. The molecule has 0 heterocycles. The van der Waals surface area contributed by atoms with Crippen molar-refractivity contribution in [3.63, 3.8) is 0 Å². The molecule has 0 bridgehead atoms. The molecule has 0 aliphatic heterocycles. The van der Waals surface area contributed by atoms with Gasteiger partial charge in [-0.2, -0.15) is 0 Å². The van der Waals surface area contributed by atoms with Gasteiger partial charge in [0.1, 0.15) is 24.0 Å². The normalized spacial score (nSPS) is 14.5. The van der Waals surface area contributed by atoms with E-state index in [1.54, 1.807) is 65.8 Å². The van der Waals surface area contributed by atoms with E-state index in [1.807, 2.05) is 88.4 Å². The van der Waals surface area contributed by atoms with Gasteiger partial charge in [0.15, 0.2) is 11.5 Å². The third-order valence-electron chi connectivity index (χ3n) is 13.6. The van der Waals surface area contributed by atoms with Crippen LogP contribution in [0.1, 0.15) is 83.3 Å². The maximum atomic E-state index is 14.1. The topological polar surface area (TPSA) is 244 Å². The van der Waals surface area contributed by atoms with E-state index in [4.69, 9.17) is 20.9 Å². The Hall–Kier alpha value is -9.04. The number of aromatic hydroxyl groups is 2. The van der Waals surface area contributed by atoms with Crippen LogP contribution < -0.4 is 22.1 Å². The summed E-state index contributed by atoms with van der Waals surface area (Å²) in [5.41, 5.74) is 22.2. The van der Waals surface area contributed by atoms with E-state index in [9.17, 15) is 39.6 Å². The molecule has 6 aromatic carbocycles. The molecule has 0 radical (unpaired) electrons. The molecule has 8 rings (SSSR count). The fourth-order valence-electron chi connectivity index (χ4n) is 9.76. The van der Waals surface area contributed by atoms with E-state index >= 15 is 0 Å². The van der Waals surface area contributed by atoms with Crippen LogP contribution in [0.25, 0.3) is 55.7 Å². The van der Waals surface area contributed by atoms with E-state index in [0.29, 0.717) is 45.0 Å². The van der Waals surface area contributed by atoms with Crippen molar-refractivity contribution in [3.05, 3.63) is 165 Å². The van der Waals surface area contributed by atoms with Crippen molar-refractivity contribution in [1.29, 1.82) is 0 Å². The molecule has 10 N–H and O–H groups in total. The minimum absolute atomic E-state index is 0.0459. The van der Waals surface area contributed by atoms with Gasteiger partial charge in [-0.1, -0.05) is 64.1 Å². The summed E-state index contributed by atoms with van der Waals surface area (Å²) in [5.74, 6) is -4.92. The SMILES string of the molecule is Cc1cc(-c2ccc(NC(=O)O/C=C3\C(=O)C(O)=C(C(C)C)c4cc(C)c(-c5c(C)cc6c(c5O)/C(=C/OC(=O)Nc5ccc(-c7ccc(N)c(C)c7)cc5C)C(=O)C(O)=C6C(C)C)c(O)c43)c(C)c2)ccc1N. The number of carbonyl (C=O) groups is 4. The number of nitrogen functional groups attached to an aromatic ring is 2. The number of fused-ring (bicyclic) bond motifs is 2. The summed E-state index contributed by atoms with van der Waals surface area (Å²) in [5, 5.41) is 53.3. The lowest BCUT2D eigenvalue weighted by Crippen LogP contribution is -2.20. The van der Waals surface area contributed by atoms with Gasteiger partial charge in [-0.25, -0.2) is 9.59 Å². The molecule has 0 unspecified atom stereocenters. The number of nitrogens with one attached hydrogen (secondary N) is 2. The van der Waals surface area contributed by atoms with Crippen LogP contribution in [0.5, 0.6) is 11.5 Å². The van der Waals surface area contributed by atoms with E-state index in [1.165, 1.54) is 0 Å². The van der Waals surface area contributed by atoms with Crippen molar-refractivity contribution >= 4 is 68.8 Å². The fourth-order valence-corrected chi connectivity index (χ4v) is 9.76. The Morgan fingerprint density at radius 3 is 1.11 bits per heavy atom. The molecular weight excluding hydrogens is 937 g/mol. The highest BCUT2D eigenvalue weighted by atomic mass is 16.5. The molecule has 6 aromatic rings. The summed E-state index contributed by atoms with van der Waals surface area (Å²) in [6, 6.07) is 25.6. The van der Waals surface area contributed by atoms with Crippen LogP contribution in [-0.2, 0) is 19.1 Å². The first-order valence-corrected chi connectivity index (χ1v) is 24.0. The number of ketones is 2. The zero-order valence-corrected chi connectivity index (χ0v) is 42.8. The lowest BCUT2D eigenvalue weighted by Gasteiger charge is -2.29. The number of anilines is 4. The van der Waals surface area contributed by atoms with Gasteiger partial charge in [0.2, 0.25) is 11.6 Å². The zero-order valence-electron chi connectivity index (χ0n) is 42.8. The smallest absolute Gasteiger partial charge is 0.416 e. The van der Waals surface area contributed by atoms with Crippen LogP contribution in [-0.4, -0.2) is 44.2 Å². The van der Waals surface area contributed by atoms with Crippen molar-refractivity contribution in [3.8, 4) is 44.9 Å². The number of aliphatic hydroxyl groups is 2. The van der Waals surface area contributed by atoms with Gasteiger partial charge in [-0.15, -0.1) is 0 Å². The number of aliphatic hydroxyl groups excluding tert-OH is 2. The zero-order chi connectivity index (χ0) is 53.8. The molecule has 14 heteroatoms. The number of benzene rings is 6. The average molecular weight is 995 g/mol. The van der Waals surface area contributed by atoms with Crippen LogP contribution >= 0.6 is 0 Å². The number of phenols is 2. The Labute approximate surface area is 429 Å². The summed E-state index contributed by atoms with van der Waals surface area (Å²) in [7, 11) is 0. The monoisotopic (exact) mass is 994 g/mol. The number of Topliss-reactive ketones (excluding diaryl/α,β-unsaturated/α-hetero) is 2. The van der Waals surface area contributed by atoms with Gasteiger partial charge < -0.3 is 41.4 Å². The maximum Gasteiger partial charge on any atom is 0.416 e. The Morgan fingerprint density at radius 1 is 0.473 bits per heavy atom. The number of amides is 2. The van der Waals surface area contributed by atoms with Crippen LogP contribution in [0.2, 0.25) is 0 Å². The van der Waals surface area contributed by atoms with Crippen molar-refractivity contribution in [2.75, 3.05) is 22.1 Å². The summed E-state index contributed by atoms with van der Waals surface area (Å²) >= 11 is 0. The highest BCUT2D eigenvalue weighted by Crippen LogP contribution is 2.54. The number of allylic oxidation sites excluding steroid dienone is 4. The Kier molecular flexibility index (Phi) is 13.8. The number of hydrogen-bond donors (Lipinski definition) is 8. The number of ether oxygens (including phenoxy) is 2. The first-order valence-electron chi connectivity index (χ1n) is 24.0. The lowest BCUT2D eigenvalue weighted by atomic mass is 9.75. The number of phenolic OH excluding ortho intramolecular Hbond substituents is 2. The highest BCUT2D eigenvalue weighted by molar-refractivity contribution is 6.35. The number of nitrogens with two attached hydrogens (primary N) is 2. The summed E-state index contributed by atoms with van der Waals surface area (Å²) < 4.78 is 11.1. The first kappa shape index (κ1) is 51.3. The summed E-state index contributed by atoms with van der Waals surface area (Å²) in [4.78, 5) is 55.2. The highest BCUT2D eigenvalue weighted by Gasteiger charge is 2.39. The molecule has 0 saturated heterocycles. The molecule has 2 amide bonds. The second-order valence-corrected chi connectivity index (χ2v) is 19.5. The number of aryl methyl sites for hydroxylation is 6. The van der Waals surface area contributed by atoms with E-state index < -0.39 is 58.6 Å². The third-order valence-corrected chi connectivity index (χ3v) is 13.6. The minimum atomic E-state index is -0.964. The van der Waals surface area contributed by atoms with Gasteiger partial charge >= 0.3 is 12.2 Å². The molecule has 0 atom stereocenters. The molecule has 0 saturated carbocycles. The number of hydrogen-bond acceptors (Lipinski definition) is 12. The van der Waals surface area contributed by atoms with Crippen molar-refractivity contribution < 1.29 is 49.1 Å². The van der Waals surface area contributed by atoms with Crippen LogP contribution in [0.4, 0.5) is 32.3 Å². The molecule has 14 nitrogen and oxygen atoms in total. The molecule has 378 valence electrons. The second kappa shape index (κ2) is 19.9. The third kappa shape index (κ3) is 9.33. The maximum absolute atomic E-state index is 14.1. The number of carbonyl (C=O) groups excluding carboxylic acids is 4. The summed E-state index contributed by atoms with van der Waals surface area (Å²) in [6.07, 6.45) is -0.198. The summed E-state index contributed by atoms with van der Waals surface area (Å²) in [6.45, 7) is 17.9. The molecular formula is C60H58N4O10. The fraction of sp³-hybridized carbons (Fsp3) is 0.200. The Bertz CT molecular complexity index is 3320. The Balaban J connectivity index is 1.17. The molecule has 2 aliphatic carbocycles. The lowest BCUT2D eigenvalue weighted by molar-refractivity contribution is -0.113. The molecule has 0 aromatic heterocycles. The van der Waals surface area contributed by atoms with Crippen LogP contribution in [0, 0.1) is 53.4 Å². The first-order chi connectivity index (χ1) is 35.0. The Morgan fingerprint density at radius 2 is 0.797 bits per heavy atom. The van der Waals surface area contributed by atoms with Gasteiger partial charge in [-0.05, 0) is 169 Å². The van der Waals surface area contributed by atoms with Crippen LogP contribution in [0.15, 0.2) is 109 Å². The van der Waals surface area contributed by atoms with Crippen molar-refractivity contribution in [2.24, 2.45) is 11.8 Å². The number of rotatable bonds is 9. The van der Waals surface area contributed by atoms with E-state index in [-0.39, 0.29) is 55.7 Å². The standard InChI is InChI=1S/C60H58N4O10/c1-27(2)47-39-23-33(9)49(55(67)51(39)41(53(65)57(47)69)25-73-59(71)63-45-17-13-37(21-31(45)7)35-11-15-43(61)29(5)19-35)50-34(10)24-40-48(28(3)4)58(70)54(66)42(52(40)56(50)68)26-74-60(72)64-46-18-14-38(22-32(46)8)36-12-16-44(62)30(6)20-36/h11-28,67-70H,61-62H2,1-10H3,(H,63,71)(H,64,72)/b41-25-,42-26-. The van der Waals surface area contributed by atoms with Gasteiger partial charge in [-0.3, -0.25) is 20.2 Å². The van der Waals surface area contributed by atoms with Gasteiger partial charge in [0.05, 0.1) is 11.1 Å². The van der Waals surface area contributed by atoms with Gasteiger partial charge in [0, 0.05) is 56.1 Å². The predicted octanol–water partition coefficient (Wildman–Crippen LogP) is 13.3. The molecule has 74 heavy (non-hydrogen) atoms. The van der Waals surface area contributed by atoms with Crippen LogP contribution in [0.3, 0.4) is 0 Å². The largest absolute Gasteiger partial charge is 0.507 e. The second-order valence-electron chi connectivity index (χ2n) is 19.5. The molecule has 0 spiro atoms. The average Bonchev–Trinajstić information content (AvgIpc) is 3.33. The predicted molar refractivity (Wildman–Crippen MR) is 291 cm³/mol. The van der Waals surface area contributed by atoms with Gasteiger partial charge in [0.25, 0.3) is 0 Å². The van der Waals surface area contributed by atoms with E-state index in [0.717, 1.165) is 45.9 Å². The van der Waals surface area contributed by atoms with E-state index in [2.05, 4.69) is 10.6 Å². The molecule has 0 fully saturated rings.